The topological polar surface area (TPSA) is 75.3 Å². The van der Waals surface area contributed by atoms with Crippen LogP contribution in [-0.2, 0) is 14.4 Å². The summed E-state index contributed by atoms with van der Waals surface area (Å²) in [5, 5.41) is 5.16. The summed E-state index contributed by atoms with van der Waals surface area (Å²) < 4.78 is 0. The maximum absolute atomic E-state index is 12.3. The summed E-state index contributed by atoms with van der Waals surface area (Å²) in [6, 6.07) is 14.0. The van der Waals surface area contributed by atoms with Crippen molar-refractivity contribution in [2.45, 2.75) is 12.8 Å². The fourth-order valence-electron chi connectivity index (χ4n) is 2.52. The van der Waals surface area contributed by atoms with E-state index >= 15 is 0 Å². The van der Waals surface area contributed by atoms with Crippen LogP contribution in [0.15, 0.2) is 48.5 Å². The quantitative estimate of drug-likeness (QED) is 0.673. The molecule has 2 N–H and O–H groups in total. The number of rotatable bonds is 3. The number of ketones is 1. The number of hydrogen-bond donors (Lipinski definition) is 2. The van der Waals surface area contributed by atoms with Gasteiger partial charge in [0.25, 0.3) is 5.91 Å². The Hall–Kier alpha value is -2.95. The van der Waals surface area contributed by atoms with E-state index in [1.807, 2.05) is 13.0 Å². The van der Waals surface area contributed by atoms with E-state index in [1.54, 1.807) is 42.5 Å². The molecule has 0 bridgehead atoms. The molecule has 0 radical (unpaired) electrons. The molecule has 1 aliphatic heterocycles. The molecule has 5 nitrogen and oxygen atoms in total. The first-order valence-electron chi connectivity index (χ1n) is 6.88. The molecule has 5 heteroatoms. The maximum Gasteiger partial charge on any atom is 0.292 e. The molecule has 110 valence electrons. The molecular weight excluding hydrogens is 280 g/mol. The van der Waals surface area contributed by atoms with Crippen LogP contribution in [0.25, 0.3) is 0 Å². The number of carbonyl (C=O) groups excluding carboxylic acids is 3. The zero-order chi connectivity index (χ0) is 15.7. The van der Waals surface area contributed by atoms with Gasteiger partial charge in [-0.15, -0.1) is 0 Å². The van der Waals surface area contributed by atoms with Gasteiger partial charge in [0, 0.05) is 11.4 Å². The van der Waals surface area contributed by atoms with Crippen molar-refractivity contribution in [3.8, 4) is 0 Å². The summed E-state index contributed by atoms with van der Waals surface area (Å²) >= 11 is 0. The Bertz CT molecular complexity index is 783. The average Bonchev–Trinajstić information content (AvgIpc) is 2.82. The van der Waals surface area contributed by atoms with Crippen molar-refractivity contribution >= 4 is 29.0 Å². The van der Waals surface area contributed by atoms with Gasteiger partial charge in [0.2, 0.25) is 11.7 Å². The molecule has 1 aliphatic rings. The van der Waals surface area contributed by atoms with Crippen molar-refractivity contribution in [2.75, 3.05) is 10.6 Å². The second-order valence-electron chi connectivity index (χ2n) is 5.20. The van der Waals surface area contributed by atoms with Gasteiger partial charge < -0.3 is 10.6 Å². The minimum atomic E-state index is -1.08. The number of fused-ring (bicyclic) bond motifs is 1. The lowest BCUT2D eigenvalue weighted by Crippen LogP contribution is -2.31. The fraction of sp³-hybridized carbons (Fsp3) is 0.118. The average molecular weight is 294 g/mol. The first kappa shape index (κ1) is 14.0. The van der Waals surface area contributed by atoms with Crippen molar-refractivity contribution in [1.29, 1.82) is 0 Å². The summed E-state index contributed by atoms with van der Waals surface area (Å²) in [5.74, 6) is -3.10. The van der Waals surface area contributed by atoms with Gasteiger partial charge in [-0.3, -0.25) is 14.4 Å². The number of hydrogen-bond acceptors (Lipinski definition) is 3. The molecule has 0 aliphatic carbocycles. The van der Waals surface area contributed by atoms with Crippen molar-refractivity contribution in [3.05, 3.63) is 59.7 Å². The van der Waals surface area contributed by atoms with Gasteiger partial charge in [-0.05, 0) is 36.2 Å². The van der Waals surface area contributed by atoms with Crippen molar-refractivity contribution < 1.29 is 14.4 Å². The number of aryl methyl sites for hydroxylation is 1. The van der Waals surface area contributed by atoms with Gasteiger partial charge in [0.05, 0.1) is 0 Å². The van der Waals surface area contributed by atoms with E-state index in [-0.39, 0.29) is 0 Å². The maximum atomic E-state index is 12.3. The molecule has 3 rings (SSSR count). The molecule has 0 saturated heterocycles. The smallest absolute Gasteiger partial charge is 0.292 e. The number of nitrogens with one attached hydrogen (secondary N) is 2. The first-order chi connectivity index (χ1) is 10.6. The fourth-order valence-corrected chi connectivity index (χ4v) is 2.52. The van der Waals surface area contributed by atoms with E-state index < -0.39 is 23.5 Å². The number of carbonyl (C=O) groups is 3. The van der Waals surface area contributed by atoms with Crippen LogP contribution >= 0.6 is 0 Å². The van der Waals surface area contributed by atoms with Crippen LogP contribution in [-0.4, -0.2) is 17.6 Å². The standard InChI is InChI=1S/C17H14N2O3/c1-10-5-4-6-11(9-10)18-17(22)15(20)14-12-7-2-3-8-13(12)19-16(14)21/h2-9,14H,1H3,(H,18,22)(H,19,21)/t14-/m1/s1. The number of Topliss-reactive ketones (excluding diaryl/α,β-unsaturated/α-hetero) is 1. The highest BCUT2D eigenvalue weighted by Crippen LogP contribution is 2.32. The van der Waals surface area contributed by atoms with Gasteiger partial charge in [0.1, 0.15) is 5.92 Å². The molecule has 2 amide bonds. The Morgan fingerprint density at radius 2 is 1.86 bits per heavy atom. The summed E-state index contributed by atoms with van der Waals surface area (Å²) in [4.78, 5) is 36.4. The molecule has 22 heavy (non-hydrogen) atoms. The minimum Gasteiger partial charge on any atom is -0.325 e. The summed E-state index contributed by atoms with van der Waals surface area (Å²) in [7, 11) is 0. The van der Waals surface area contributed by atoms with Crippen LogP contribution in [0.2, 0.25) is 0 Å². The number of para-hydroxylation sites is 1. The lowest BCUT2D eigenvalue weighted by molar-refractivity contribution is -0.138. The van der Waals surface area contributed by atoms with Crippen LogP contribution in [0, 0.1) is 6.92 Å². The third kappa shape index (κ3) is 2.48. The highest BCUT2D eigenvalue weighted by molar-refractivity contribution is 6.47. The number of amides is 2. The Balaban J connectivity index is 1.82. The second kappa shape index (κ2) is 5.44. The van der Waals surface area contributed by atoms with Gasteiger partial charge >= 0.3 is 0 Å². The second-order valence-corrected chi connectivity index (χ2v) is 5.20. The monoisotopic (exact) mass is 294 g/mol. The van der Waals surface area contributed by atoms with E-state index in [0.29, 0.717) is 16.9 Å². The molecule has 0 aromatic heterocycles. The first-order valence-corrected chi connectivity index (χ1v) is 6.88. The van der Waals surface area contributed by atoms with Crippen LogP contribution in [0.4, 0.5) is 11.4 Å². The Kier molecular flexibility index (Phi) is 3.47. The number of anilines is 2. The lowest BCUT2D eigenvalue weighted by atomic mass is 9.95. The van der Waals surface area contributed by atoms with Crippen LogP contribution in [0.3, 0.4) is 0 Å². The summed E-state index contributed by atoms with van der Waals surface area (Å²) in [6.45, 7) is 1.89. The highest BCUT2D eigenvalue weighted by atomic mass is 16.2. The van der Waals surface area contributed by atoms with E-state index in [9.17, 15) is 14.4 Å². The molecule has 1 heterocycles. The molecular formula is C17H14N2O3. The predicted octanol–water partition coefficient (Wildman–Crippen LogP) is 2.24. The Morgan fingerprint density at radius 3 is 2.64 bits per heavy atom. The largest absolute Gasteiger partial charge is 0.325 e. The molecule has 0 unspecified atom stereocenters. The van der Waals surface area contributed by atoms with Gasteiger partial charge in [-0.25, -0.2) is 0 Å². The minimum absolute atomic E-state index is 0.467. The summed E-state index contributed by atoms with van der Waals surface area (Å²) in [5.41, 5.74) is 2.62. The molecule has 0 fully saturated rings. The highest BCUT2D eigenvalue weighted by Gasteiger charge is 2.39. The molecule has 1 atom stereocenters. The SMILES string of the molecule is Cc1cccc(NC(=O)C(=O)[C@@H]2C(=O)Nc3ccccc32)c1. The van der Waals surface area contributed by atoms with E-state index in [2.05, 4.69) is 10.6 Å². The van der Waals surface area contributed by atoms with Crippen LogP contribution in [0.1, 0.15) is 17.0 Å². The Labute approximate surface area is 127 Å². The third-order valence-corrected chi connectivity index (χ3v) is 3.55. The van der Waals surface area contributed by atoms with Gasteiger partial charge in [0.15, 0.2) is 0 Å². The van der Waals surface area contributed by atoms with E-state index in [4.69, 9.17) is 0 Å². The van der Waals surface area contributed by atoms with Crippen LogP contribution in [0.5, 0.6) is 0 Å². The third-order valence-electron chi connectivity index (χ3n) is 3.55. The predicted molar refractivity (Wildman–Crippen MR) is 82.6 cm³/mol. The van der Waals surface area contributed by atoms with Crippen LogP contribution < -0.4 is 10.6 Å². The zero-order valence-corrected chi connectivity index (χ0v) is 11.9. The lowest BCUT2D eigenvalue weighted by Gasteiger charge is -2.09. The van der Waals surface area contributed by atoms with Crippen molar-refractivity contribution in [1.82, 2.24) is 0 Å². The van der Waals surface area contributed by atoms with E-state index in [1.165, 1.54) is 0 Å². The molecule has 0 saturated carbocycles. The molecule has 2 aromatic carbocycles. The zero-order valence-electron chi connectivity index (χ0n) is 11.9. The molecule has 2 aromatic rings. The summed E-state index contributed by atoms with van der Waals surface area (Å²) in [6.07, 6.45) is 0. The normalized spacial score (nSPS) is 15.9. The van der Waals surface area contributed by atoms with Gasteiger partial charge in [-0.2, -0.15) is 0 Å². The number of benzene rings is 2. The molecule has 0 spiro atoms. The Morgan fingerprint density at radius 1 is 1.09 bits per heavy atom. The van der Waals surface area contributed by atoms with E-state index in [0.717, 1.165) is 5.56 Å². The van der Waals surface area contributed by atoms with Crippen molar-refractivity contribution in [3.63, 3.8) is 0 Å². The van der Waals surface area contributed by atoms with Gasteiger partial charge in [-0.1, -0.05) is 30.3 Å². The van der Waals surface area contributed by atoms with Crippen molar-refractivity contribution in [2.24, 2.45) is 0 Å².